The van der Waals surface area contributed by atoms with Gasteiger partial charge in [0, 0.05) is 22.3 Å². The number of hydrogen-bond acceptors (Lipinski definition) is 5. The van der Waals surface area contributed by atoms with E-state index in [-0.39, 0.29) is 38.7 Å². The van der Waals surface area contributed by atoms with Crippen LogP contribution in [0.3, 0.4) is 0 Å². The Kier molecular flexibility index (Phi) is 5.65. The zero-order valence-electron chi connectivity index (χ0n) is 16.3. The summed E-state index contributed by atoms with van der Waals surface area (Å²) in [5.41, 5.74) is 6.34. The van der Waals surface area contributed by atoms with Crippen molar-refractivity contribution in [2.24, 2.45) is 0 Å². The van der Waals surface area contributed by atoms with E-state index in [1.165, 1.54) is 24.6 Å². The fourth-order valence-electron chi connectivity index (χ4n) is 2.83. The molecule has 1 amide bonds. The molecule has 0 aliphatic heterocycles. The van der Waals surface area contributed by atoms with Crippen molar-refractivity contribution in [1.82, 2.24) is 10.3 Å². The zero-order chi connectivity index (χ0) is 21.5. The Labute approximate surface area is 177 Å². The van der Waals surface area contributed by atoms with Crippen molar-refractivity contribution in [3.05, 3.63) is 51.6 Å². The number of halogens is 3. The number of nitrogens with one attached hydrogen (secondary N) is 1. The van der Waals surface area contributed by atoms with E-state index in [0.717, 1.165) is 0 Å². The number of hydrogen-bond donors (Lipinski definition) is 2. The number of amides is 1. The molecule has 0 bridgehead atoms. The fourth-order valence-corrected chi connectivity index (χ4v) is 3.51. The molecule has 0 saturated carbocycles. The molecule has 1 aromatic carbocycles. The van der Waals surface area contributed by atoms with Crippen LogP contribution in [-0.2, 0) is 0 Å². The van der Waals surface area contributed by atoms with Crippen LogP contribution in [0.15, 0.2) is 29.0 Å². The highest BCUT2D eigenvalue weighted by atomic mass is 35.5. The number of nitrogen functional groups attached to an aromatic ring is 1. The molecular formula is C20H20Cl2FN3O3. The van der Waals surface area contributed by atoms with Crippen LogP contribution in [0, 0.1) is 5.82 Å². The number of nitrogens with zero attached hydrogens (tertiary/aromatic N) is 1. The number of ether oxygens (including phenoxy) is 1. The molecule has 3 aromatic rings. The summed E-state index contributed by atoms with van der Waals surface area (Å²) in [5, 5.41) is 3.39. The molecule has 0 fully saturated rings. The topological polar surface area (TPSA) is 90.4 Å². The molecule has 0 radical (unpaired) electrons. The fraction of sp³-hybridized carbons (Fsp3) is 0.300. The minimum absolute atomic E-state index is 0.0464. The van der Waals surface area contributed by atoms with Crippen molar-refractivity contribution < 1.29 is 18.3 Å². The van der Waals surface area contributed by atoms with E-state index in [4.69, 9.17) is 38.1 Å². The van der Waals surface area contributed by atoms with Gasteiger partial charge in [0.2, 0.25) is 5.75 Å². The summed E-state index contributed by atoms with van der Waals surface area (Å²) in [6.07, 6.45) is 1.98. The first-order valence-electron chi connectivity index (χ1n) is 8.78. The van der Waals surface area contributed by atoms with Crippen molar-refractivity contribution >= 4 is 45.9 Å². The Hall–Kier alpha value is -2.51. The number of rotatable bonds is 4. The summed E-state index contributed by atoms with van der Waals surface area (Å²) >= 11 is 12.2. The Bertz CT molecular complexity index is 1090. The number of aromatic nitrogens is 1. The highest BCUT2D eigenvalue weighted by Gasteiger charge is 2.25. The monoisotopic (exact) mass is 439 g/mol. The van der Waals surface area contributed by atoms with E-state index in [2.05, 4.69) is 10.3 Å². The third-order valence-electron chi connectivity index (χ3n) is 4.11. The van der Waals surface area contributed by atoms with Crippen LogP contribution in [0.25, 0.3) is 11.0 Å². The van der Waals surface area contributed by atoms with E-state index < -0.39 is 17.5 Å². The second-order valence-corrected chi connectivity index (χ2v) is 8.37. The maximum Gasteiger partial charge on any atom is 0.255 e. The van der Waals surface area contributed by atoms with Crippen molar-refractivity contribution in [1.29, 1.82) is 0 Å². The summed E-state index contributed by atoms with van der Waals surface area (Å²) in [7, 11) is 0. The lowest BCUT2D eigenvalue weighted by Crippen LogP contribution is -2.40. The third kappa shape index (κ3) is 4.26. The van der Waals surface area contributed by atoms with Gasteiger partial charge in [0.05, 0.1) is 16.0 Å². The van der Waals surface area contributed by atoms with Crippen molar-refractivity contribution in [3.8, 4) is 5.75 Å². The lowest BCUT2D eigenvalue weighted by atomic mass is 10.1. The van der Waals surface area contributed by atoms with Gasteiger partial charge in [-0.15, -0.1) is 0 Å². The summed E-state index contributed by atoms with van der Waals surface area (Å²) < 4.78 is 25.4. The van der Waals surface area contributed by atoms with Crippen LogP contribution >= 0.6 is 23.2 Å². The molecule has 0 saturated heterocycles. The molecule has 9 heteroatoms. The van der Waals surface area contributed by atoms with Gasteiger partial charge in [-0.25, -0.2) is 9.37 Å². The Morgan fingerprint density at radius 3 is 2.69 bits per heavy atom. The molecule has 2 heterocycles. The minimum atomic E-state index is -0.766. The third-order valence-corrected chi connectivity index (χ3v) is 4.83. The molecule has 1 atom stereocenters. The highest BCUT2D eigenvalue weighted by molar-refractivity contribution is 6.36. The van der Waals surface area contributed by atoms with E-state index in [1.54, 1.807) is 6.92 Å². The van der Waals surface area contributed by atoms with Gasteiger partial charge < -0.3 is 20.2 Å². The summed E-state index contributed by atoms with van der Waals surface area (Å²) in [6, 6.07) is 2.56. The largest absolute Gasteiger partial charge is 0.478 e. The normalized spacial score (nSPS) is 12.8. The van der Waals surface area contributed by atoms with Gasteiger partial charge in [-0.1, -0.05) is 23.2 Å². The number of pyridine rings is 1. The van der Waals surface area contributed by atoms with Crippen LogP contribution in [0.2, 0.25) is 10.0 Å². The number of benzene rings is 1. The minimum Gasteiger partial charge on any atom is -0.478 e. The zero-order valence-corrected chi connectivity index (χ0v) is 17.8. The second-order valence-electron chi connectivity index (χ2n) is 7.59. The lowest BCUT2D eigenvalue weighted by Gasteiger charge is -2.20. The van der Waals surface area contributed by atoms with E-state index in [0.29, 0.717) is 10.9 Å². The molecule has 3 rings (SSSR count). The van der Waals surface area contributed by atoms with Crippen LogP contribution in [-0.4, -0.2) is 16.4 Å². The Balaban J connectivity index is 2.02. The second kappa shape index (κ2) is 7.72. The summed E-state index contributed by atoms with van der Waals surface area (Å²) in [4.78, 5) is 16.7. The maximum atomic E-state index is 13.9. The molecule has 154 valence electrons. The van der Waals surface area contributed by atoms with Crippen molar-refractivity contribution in [3.63, 3.8) is 0 Å². The van der Waals surface area contributed by atoms with E-state index >= 15 is 0 Å². The number of anilines is 1. The maximum absolute atomic E-state index is 13.9. The van der Waals surface area contributed by atoms with Crippen molar-refractivity contribution in [2.75, 3.05) is 5.73 Å². The van der Waals surface area contributed by atoms with E-state index in [1.807, 2.05) is 20.8 Å². The number of carbonyl (C=O) groups is 1. The van der Waals surface area contributed by atoms with E-state index in [9.17, 15) is 9.18 Å². The average molecular weight is 440 g/mol. The smallest absolute Gasteiger partial charge is 0.255 e. The Morgan fingerprint density at radius 2 is 2.03 bits per heavy atom. The first kappa shape index (κ1) is 21.2. The highest BCUT2D eigenvalue weighted by Crippen LogP contribution is 2.39. The molecule has 0 spiro atoms. The SMILES string of the molecule is C[C@@H](Oc1c(N)ncc2c(C(=O)NC(C)(C)C)coc12)c1c(Cl)ccc(F)c1Cl. The van der Waals surface area contributed by atoms with Gasteiger partial charge >= 0.3 is 0 Å². The first-order chi connectivity index (χ1) is 13.5. The summed E-state index contributed by atoms with van der Waals surface area (Å²) in [5.74, 6) is -0.783. The molecular weight excluding hydrogens is 420 g/mol. The van der Waals surface area contributed by atoms with Gasteiger partial charge in [0.25, 0.3) is 5.91 Å². The predicted molar refractivity (Wildman–Crippen MR) is 111 cm³/mol. The van der Waals surface area contributed by atoms with Gasteiger partial charge in [0.15, 0.2) is 11.4 Å². The molecule has 0 aliphatic carbocycles. The molecule has 3 N–H and O–H groups in total. The molecule has 0 unspecified atom stereocenters. The van der Waals surface area contributed by atoms with Crippen LogP contribution in [0.5, 0.6) is 5.75 Å². The van der Waals surface area contributed by atoms with Gasteiger partial charge in [-0.05, 0) is 39.8 Å². The summed E-state index contributed by atoms with van der Waals surface area (Å²) in [6.45, 7) is 7.24. The quantitative estimate of drug-likeness (QED) is 0.521. The first-order valence-corrected chi connectivity index (χ1v) is 9.53. The van der Waals surface area contributed by atoms with Crippen LogP contribution in [0.4, 0.5) is 10.2 Å². The van der Waals surface area contributed by atoms with Crippen LogP contribution < -0.4 is 15.8 Å². The molecule has 6 nitrogen and oxygen atoms in total. The number of nitrogens with two attached hydrogens (primary N) is 1. The number of carbonyl (C=O) groups excluding carboxylic acids is 1. The lowest BCUT2D eigenvalue weighted by molar-refractivity contribution is 0.0920. The predicted octanol–water partition coefficient (Wildman–Crippen LogP) is 5.52. The number of fused-ring (bicyclic) bond motifs is 1. The molecule has 2 aromatic heterocycles. The average Bonchev–Trinajstić information content (AvgIpc) is 3.04. The van der Waals surface area contributed by atoms with Crippen molar-refractivity contribution in [2.45, 2.75) is 39.3 Å². The standard InChI is InChI=1S/C20H20Cl2FN3O3/c1-9(14-12(21)5-6-13(23)15(14)22)29-17-16-10(7-25-18(17)24)11(8-28-16)19(27)26-20(2,3)4/h5-9H,1-4H3,(H2,24,25)(H,26,27)/t9-/m1/s1. The van der Waals surface area contributed by atoms with Gasteiger partial charge in [0.1, 0.15) is 18.2 Å². The Morgan fingerprint density at radius 1 is 1.34 bits per heavy atom. The molecule has 0 aliphatic rings. The number of furan rings is 1. The van der Waals surface area contributed by atoms with Gasteiger partial charge in [-0.2, -0.15) is 0 Å². The molecule has 29 heavy (non-hydrogen) atoms. The van der Waals surface area contributed by atoms with Crippen LogP contribution in [0.1, 0.15) is 49.7 Å². The van der Waals surface area contributed by atoms with Gasteiger partial charge in [-0.3, -0.25) is 4.79 Å².